The van der Waals surface area contributed by atoms with E-state index in [1.807, 2.05) is 50.3 Å². The number of aliphatic hydroxyl groups is 1. The van der Waals surface area contributed by atoms with Gasteiger partial charge in [-0.25, -0.2) is 0 Å². The second-order valence-corrected chi connectivity index (χ2v) is 13.3. The third kappa shape index (κ3) is 10.9. The second-order valence-electron chi connectivity index (χ2n) is 13.3. The molecule has 0 bridgehead atoms. The van der Waals surface area contributed by atoms with Gasteiger partial charge in [0.05, 0.1) is 0 Å². The number of rotatable bonds is 10. The summed E-state index contributed by atoms with van der Waals surface area (Å²) in [5.41, 5.74) is 7.99. The Morgan fingerprint density at radius 3 is 1.56 bits per heavy atom. The summed E-state index contributed by atoms with van der Waals surface area (Å²) >= 11 is 0. The first-order valence-corrected chi connectivity index (χ1v) is 15.3. The molecule has 0 saturated heterocycles. The average Bonchev–Trinajstić information content (AvgIpc) is 2.91. The number of Topliss-reactive ketones (excluding diaryl/α,β-unsaturated/α-hetero) is 2. The molecule has 0 aromatic rings. The van der Waals surface area contributed by atoms with Gasteiger partial charge in [0.15, 0.2) is 11.6 Å². The molecule has 0 amide bonds. The van der Waals surface area contributed by atoms with Crippen molar-refractivity contribution in [2.24, 2.45) is 10.8 Å². The van der Waals surface area contributed by atoms with Crippen LogP contribution in [0.15, 0.2) is 130 Å². The first-order chi connectivity index (χ1) is 20.0. The van der Waals surface area contributed by atoms with E-state index in [4.69, 9.17) is 0 Å². The van der Waals surface area contributed by atoms with Crippen LogP contribution in [-0.2, 0) is 9.59 Å². The van der Waals surface area contributed by atoms with Gasteiger partial charge in [-0.2, -0.15) is 0 Å². The largest absolute Gasteiger partial charge is 0.385 e. The highest BCUT2D eigenvalue weighted by Crippen LogP contribution is 2.40. The van der Waals surface area contributed by atoms with Gasteiger partial charge < -0.3 is 5.11 Å². The molecule has 0 aliphatic heterocycles. The molecule has 2 rings (SSSR count). The zero-order valence-corrected chi connectivity index (χ0v) is 28.0. The lowest BCUT2D eigenvalue weighted by molar-refractivity contribution is -0.125. The summed E-state index contributed by atoms with van der Waals surface area (Å²) in [5, 5.41) is 10.0. The Kier molecular flexibility index (Phi) is 13.1. The molecule has 0 aromatic heterocycles. The van der Waals surface area contributed by atoms with Crippen molar-refractivity contribution in [3.8, 4) is 0 Å². The lowest BCUT2D eigenvalue weighted by Gasteiger charge is -2.34. The van der Waals surface area contributed by atoms with Crippen LogP contribution in [0, 0.1) is 10.8 Å². The molecule has 1 N–H and O–H groups in total. The molecule has 0 spiro atoms. The van der Waals surface area contributed by atoms with E-state index in [0.29, 0.717) is 18.4 Å². The minimum Gasteiger partial charge on any atom is -0.385 e. The van der Waals surface area contributed by atoms with Gasteiger partial charge in [0, 0.05) is 6.42 Å². The predicted octanol–water partition coefficient (Wildman–Crippen LogP) is 9.93. The van der Waals surface area contributed by atoms with Crippen LogP contribution in [0.4, 0.5) is 0 Å². The molecular weight excluding hydrogens is 528 g/mol. The predicted molar refractivity (Wildman–Crippen MR) is 184 cm³/mol. The highest BCUT2D eigenvalue weighted by molar-refractivity contribution is 6.00. The molecule has 0 fully saturated rings. The van der Waals surface area contributed by atoms with E-state index >= 15 is 0 Å². The second kappa shape index (κ2) is 15.8. The number of hydrogen-bond donors (Lipinski definition) is 1. The summed E-state index contributed by atoms with van der Waals surface area (Å²) in [5.74, 6) is 0.0963. The van der Waals surface area contributed by atoms with E-state index in [1.54, 1.807) is 6.92 Å². The Morgan fingerprint density at radius 1 is 0.651 bits per heavy atom. The fourth-order valence-electron chi connectivity index (χ4n) is 5.45. The van der Waals surface area contributed by atoms with Crippen molar-refractivity contribution >= 4 is 11.6 Å². The summed E-state index contributed by atoms with van der Waals surface area (Å²) < 4.78 is 0. The van der Waals surface area contributed by atoms with Crippen LogP contribution in [0.5, 0.6) is 0 Å². The van der Waals surface area contributed by atoms with Crippen LogP contribution in [-0.4, -0.2) is 22.8 Å². The van der Waals surface area contributed by atoms with Crippen molar-refractivity contribution in [3.63, 3.8) is 0 Å². The molecule has 2 aliphatic rings. The van der Waals surface area contributed by atoms with Crippen molar-refractivity contribution in [1.29, 1.82) is 0 Å². The van der Waals surface area contributed by atoms with Crippen molar-refractivity contribution in [2.75, 3.05) is 0 Å². The zero-order valence-electron chi connectivity index (χ0n) is 28.0. The van der Waals surface area contributed by atoms with E-state index in [-0.39, 0.29) is 22.4 Å². The first kappa shape index (κ1) is 35.6. The van der Waals surface area contributed by atoms with Crippen LogP contribution >= 0.6 is 0 Å². The van der Waals surface area contributed by atoms with Gasteiger partial charge in [0.1, 0.15) is 6.10 Å². The van der Waals surface area contributed by atoms with Gasteiger partial charge in [0.25, 0.3) is 0 Å². The van der Waals surface area contributed by atoms with Crippen LogP contribution in [0.2, 0.25) is 0 Å². The zero-order chi connectivity index (χ0) is 32.4. The third-order valence-corrected chi connectivity index (χ3v) is 8.33. The van der Waals surface area contributed by atoms with Crippen molar-refractivity contribution in [1.82, 2.24) is 0 Å². The topological polar surface area (TPSA) is 54.4 Å². The molecule has 3 nitrogen and oxygen atoms in total. The summed E-state index contributed by atoms with van der Waals surface area (Å²) in [6.07, 6.45) is 29.9. The molecule has 0 saturated carbocycles. The molecule has 230 valence electrons. The SMILES string of the molecule is CC(C=CC=C(C)C=CC1=C(C)C(=O)CCC1(C)C)=CC=CC=C(C)C=CC=C(C)C=CC1=C(C)C(=O)C(O)CC1(C)C. The first-order valence-electron chi connectivity index (χ1n) is 15.3. The number of allylic oxidation sites excluding steroid dienone is 21. The number of aliphatic hydroxyl groups excluding tert-OH is 1. The van der Waals surface area contributed by atoms with E-state index in [0.717, 1.165) is 45.4 Å². The fourth-order valence-corrected chi connectivity index (χ4v) is 5.45. The number of ketones is 2. The number of carbonyl (C=O) groups excluding carboxylic acids is 2. The minimum absolute atomic E-state index is 0.0331. The Balaban J connectivity index is 1.94. The van der Waals surface area contributed by atoms with Crippen LogP contribution < -0.4 is 0 Å². The Bertz CT molecular complexity index is 1420. The van der Waals surface area contributed by atoms with Gasteiger partial charge in [-0.15, -0.1) is 0 Å². The summed E-state index contributed by atoms with van der Waals surface area (Å²) in [6.45, 7) is 20.6. The number of carbonyl (C=O) groups is 2. The maximum atomic E-state index is 12.2. The summed E-state index contributed by atoms with van der Waals surface area (Å²) in [6, 6.07) is 0. The summed E-state index contributed by atoms with van der Waals surface area (Å²) in [7, 11) is 0. The third-order valence-electron chi connectivity index (χ3n) is 8.33. The molecular formula is C40H52O3. The van der Waals surface area contributed by atoms with Gasteiger partial charge >= 0.3 is 0 Å². The van der Waals surface area contributed by atoms with E-state index in [1.165, 1.54) is 0 Å². The van der Waals surface area contributed by atoms with Gasteiger partial charge in [-0.3, -0.25) is 9.59 Å². The van der Waals surface area contributed by atoms with Crippen LogP contribution in [0.1, 0.15) is 88.5 Å². The van der Waals surface area contributed by atoms with Crippen LogP contribution in [0.3, 0.4) is 0 Å². The smallest absolute Gasteiger partial charge is 0.187 e. The molecule has 1 unspecified atom stereocenters. The normalized spacial score (nSPS) is 23.1. The standard InChI is InChI=1S/C40H52O3/c1-28(17-13-19-30(3)21-23-34-32(5)36(41)25-26-39(34,7)8)15-11-12-16-29(2)18-14-20-31(4)22-24-35-33(6)38(43)37(42)27-40(35,9)10/h11-24,37,42H,25-27H2,1-10H3. The summed E-state index contributed by atoms with van der Waals surface area (Å²) in [4.78, 5) is 24.4. The monoisotopic (exact) mass is 580 g/mol. The van der Waals surface area contributed by atoms with Gasteiger partial charge in [-0.1, -0.05) is 135 Å². The quantitative estimate of drug-likeness (QED) is 0.262. The average molecular weight is 581 g/mol. The molecule has 0 heterocycles. The van der Waals surface area contributed by atoms with E-state index in [2.05, 4.69) is 97.1 Å². The Labute approximate surface area is 260 Å². The van der Waals surface area contributed by atoms with E-state index < -0.39 is 6.10 Å². The molecule has 0 aromatic carbocycles. The highest BCUT2D eigenvalue weighted by atomic mass is 16.3. The molecule has 2 aliphatic carbocycles. The molecule has 3 heteroatoms. The van der Waals surface area contributed by atoms with Crippen molar-refractivity contribution in [2.45, 2.75) is 94.6 Å². The molecule has 1 atom stereocenters. The number of hydrogen-bond acceptors (Lipinski definition) is 3. The Hall–Kier alpha value is -3.56. The molecule has 0 radical (unpaired) electrons. The maximum Gasteiger partial charge on any atom is 0.187 e. The van der Waals surface area contributed by atoms with E-state index in [9.17, 15) is 14.7 Å². The lowest BCUT2D eigenvalue weighted by atomic mass is 9.71. The van der Waals surface area contributed by atoms with Gasteiger partial charge in [0.2, 0.25) is 0 Å². The highest BCUT2D eigenvalue weighted by Gasteiger charge is 2.36. The Morgan fingerprint density at radius 2 is 1.07 bits per heavy atom. The minimum atomic E-state index is -0.900. The van der Waals surface area contributed by atoms with Crippen LogP contribution in [0.25, 0.3) is 0 Å². The van der Waals surface area contributed by atoms with Gasteiger partial charge in [-0.05, 0) is 87.5 Å². The fraction of sp³-hybridized carbons (Fsp3) is 0.400. The maximum absolute atomic E-state index is 12.2. The van der Waals surface area contributed by atoms with Crippen molar-refractivity contribution in [3.05, 3.63) is 130 Å². The van der Waals surface area contributed by atoms with Crippen molar-refractivity contribution < 1.29 is 14.7 Å². The lowest BCUT2D eigenvalue weighted by Crippen LogP contribution is -2.35. The molecule has 43 heavy (non-hydrogen) atoms.